The number of hydrogen-bond donors (Lipinski definition) is 2. The summed E-state index contributed by atoms with van der Waals surface area (Å²) in [5.74, 6) is -1.71. The Labute approximate surface area is 93.4 Å². The van der Waals surface area contributed by atoms with Crippen LogP contribution in [0.5, 0.6) is 0 Å². The van der Waals surface area contributed by atoms with Crippen molar-refractivity contribution in [3.05, 3.63) is 0 Å². The molecule has 2 aliphatic rings. The van der Waals surface area contributed by atoms with E-state index in [0.717, 1.165) is 12.8 Å². The van der Waals surface area contributed by atoms with Crippen molar-refractivity contribution in [3.8, 4) is 0 Å². The van der Waals surface area contributed by atoms with E-state index >= 15 is 0 Å². The Morgan fingerprint density at radius 3 is 1.56 bits per heavy atom. The predicted molar refractivity (Wildman–Crippen MR) is 54.7 cm³/mol. The first kappa shape index (κ1) is 11.3. The minimum atomic E-state index is -0.853. The second-order valence-corrected chi connectivity index (χ2v) is 4.32. The number of hydrazine groups is 1. The smallest absolute Gasteiger partial charge is 0.322 e. The molecule has 2 rings (SSSR count). The molecule has 0 saturated carbocycles. The first-order valence-electron chi connectivity index (χ1n) is 5.60. The van der Waals surface area contributed by atoms with Crippen LogP contribution in [0.2, 0.25) is 0 Å². The molecule has 6 heteroatoms. The Hall–Kier alpha value is -1.14. The van der Waals surface area contributed by atoms with Crippen molar-refractivity contribution in [1.82, 2.24) is 10.0 Å². The summed E-state index contributed by atoms with van der Waals surface area (Å²) in [7, 11) is 0. The van der Waals surface area contributed by atoms with Crippen molar-refractivity contribution in [2.45, 2.75) is 37.8 Å². The van der Waals surface area contributed by atoms with Gasteiger partial charge in [-0.25, -0.2) is 10.0 Å². The highest BCUT2D eigenvalue weighted by Crippen LogP contribution is 2.27. The van der Waals surface area contributed by atoms with Gasteiger partial charge in [-0.1, -0.05) is 0 Å². The van der Waals surface area contributed by atoms with Gasteiger partial charge in [-0.15, -0.1) is 0 Å². The van der Waals surface area contributed by atoms with E-state index < -0.39 is 24.0 Å². The van der Waals surface area contributed by atoms with Gasteiger partial charge in [0.1, 0.15) is 12.1 Å². The van der Waals surface area contributed by atoms with Gasteiger partial charge in [0.2, 0.25) is 0 Å². The molecule has 0 spiro atoms. The van der Waals surface area contributed by atoms with Gasteiger partial charge in [-0.3, -0.25) is 9.59 Å². The monoisotopic (exact) mass is 228 g/mol. The molecule has 2 atom stereocenters. The lowest BCUT2D eigenvalue weighted by atomic mass is 10.2. The van der Waals surface area contributed by atoms with Crippen LogP contribution in [0.15, 0.2) is 0 Å². The van der Waals surface area contributed by atoms with Gasteiger partial charge in [0, 0.05) is 13.1 Å². The van der Waals surface area contributed by atoms with E-state index in [0.29, 0.717) is 25.9 Å². The van der Waals surface area contributed by atoms with Gasteiger partial charge in [-0.2, -0.15) is 0 Å². The highest BCUT2D eigenvalue weighted by molar-refractivity contribution is 5.75. The highest BCUT2D eigenvalue weighted by Gasteiger charge is 2.41. The molecule has 16 heavy (non-hydrogen) atoms. The lowest BCUT2D eigenvalue weighted by Crippen LogP contribution is -2.52. The molecular formula is C10H16N2O4. The zero-order valence-electron chi connectivity index (χ0n) is 9.00. The lowest BCUT2D eigenvalue weighted by Gasteiger charge is -2.33. The molecule has 90 valence electrons. The molecule has 2 N–H and O–H groups in total. The third kappa shape index (κ3) is 1.90. The number of carboxylic acids is 2. The van der Waals surface area contributed by atoms with E-state index in [9.17, 15) is 9.59 Å². The summed E-state index contributed by atoms with van der Waals surface area (Å²) in [6.45, 7) is 1.31. The summed E-state index contributed by atoms with van der Waals surface area (Å²) in [6, 6.07) is -1.08. The summed E-state index contributed by atoms with van der Waals surface area (Å²) in [5.41, 5.74) is 0. The molecule has 0 aromatic heterocycles. The highest BCUT2D eigenvalue weighted by atomic mass is 16.4. The van der Waals surface area contributed by atoms with Gasteiger partial charge in [0.15, 0.2) is 0 Å². The van der Waals surface area contributed by atoms with E-state index in [1.54, 1.807) is 10.0 Å². The Balaban J connectivity index is 2.11. The number of rotatable bonds is 3. The fourth-order valence-electron chi connectivity index (χ4n) is 2.62. The number of aliphatic carboxylic acids is 2. The van der Waals surface area contributed by atoms with Crippen molar-refractivity contribution < 1.29 is 19.8 Å². The van der Waals surface area contributed by atoms with Crippen LogP contribution < -0.4 is 0 Å². The molecule has 0 aromatic rings. The largest absolute Gasteiger partial charge is 0.480 e. The van der Waals surface area contributed by atoms with Crippen molar-refractivity contribution in [3.63, 3.8) is 0 Å². The van der Waals surface area contributed by atoms with Crippen molar-refractivity contribution >= 4 is 11.9 Å². The molecule has 2 saturated heterocycles. The maximum absolute atomic E-state index is 11.0. The Morgan fingerprint density at radius 2 is 1.25 bits per heavy atom. The molecule has 0 bridgehead atoms. The van der Waals surface area contributed by atoms with Gasteiger partial charge in [-0.05, 0) is 25.7 Å². The van der Waals surface area contributed by atoms with Gasteiger partial charge >= 0.3 is 11.9 Å². The predicted octanol–water partition coefficient (Wildman–Crippen LogP) is -0.000600. The third-order valence-electron chi connectivity index (χ3n) is 3.35. The number of carboxylic acid groups (broad SMARTS) is 2. The van der Waals surface area contributed by atoms with Crippen molar-refractivity contribution in [1.29, 1.82) is 0 Å². The Kier molecular flexibility index (Phi) is 3.11. The minimum Gasteiger partial charge on any atom is -0.480 e. The molecule has 0 unspecified atom stereocenters. The van der Waals surface area contributed by atoms with Gasteiger partial charge in [0.25, 0.3) is 0 Å². The quantitative estimate of drug-likeness (QED) is 0.707. The molecule has 0 amide bonds. The summed E-state index contributed by atoms with van der Waals surface area (Å²) < 4.78 is 0. The van der Waals surface area contributed by atoms with Crippen LogP contribution in [-0.2, 0) is 9.59 Å². The summed E-state index contributed by atoms with van der Waals surface area (Å²) >= 11 is 0. The number of hydrogen-bond acceptors (Lipinski definition) is 4. The topological polar surface area (TPSA) is 81.1 Å². The summed E-state index contributed by atoms with van der Waals surface area (Å²) in [6.07, 6.45) is 2.86. The molecule has 0 aliphatic carbocycles. The molecule has 6 nitrogen and oxygen atoms in total. The van der Waals surface area contributed by atoms with Crippen molar-refractivity contribution in [2.75, 3.05) is 13.1 Å². The summed E-state index contributed by atoms with van der Waals surface area (Å²) in [5, 5.41) is 21.6. The van der Waals surface area contributed by atoms with Gasteiger partial charge < -0.3 is 10.2 Å². The molecule has 0 radical (unpaired) electrons. The maximum atomic E-state index is 11.0. The number of carbonyl (C=O) groups is 2. The van der Waals surface area contributed by atoms with E-state index in [-0.39, 0.29) is 0 Å². The first-order chi connectivity index (χ1) is 7.61. The fraction of sp³-hybridized carbons (Fsp3) is 0.800. The second-order valence-electron chi connectivity index (χ2n) is 4.32. The average Bonchev–Trinajstić information content (AvgIpc) is 2.85. The van der Waals surface area contributed by atoms with Crippen LogP contribution in [0.25, 0.3) is 0 Å². The lowest BCUT2D eigenvalue weighted by molar-refractivity contribution is -0.160. The van der Waals surface area contributed by atoms with Crippen LogP contribution in [0.1, 0.15) is 25.7 Å². The van der Waals surface area contributed by atoms with E-state index in [4.69, 9.17) is 10.2 Å². The minimum absolute atomic E-state index is 0.542. The Morgan fingerprint density at radius 1 is 0.875 bits per heavy atom. The van der Waals surface area contributed by atoms with Crippen LogP contribution in [0.4, 0.5) is 0 Å². The van der Waals surface area contributed by atoms with E-state index in [2.05, 4.69) is 0 Å². The maximum Gasteiger partial charge on any atom is 0.322 e. The molecular weight excluding hydrogens is 212 g/mol. The van der Waals surface area contributed by atoms with E-state index in [1.165, 1.54) is 0 Å². The van der Waals surface area contributed by atoms with Crippen molar-refractivity contribution in [2.24, 2.45) is 0 Å². The third-order valence-corrected chi connectivity index (χ3v) is 3.35. The molecule has 2 fully saturated rings. The van der Waals surface area contributed by atoms with Crippen LogP contribution >= 0.6 is 0 Å². The molecule has 2 heterocycles. The zero-order valence-corrected chi connectivity index (χ0v) is 9.00. The van der Waals surface area contributed by atoms with Crippen LogP contribution in [0.3, 0.4) is 0 Å². The number of nitrogens with zero attached hydrogens (tertiary/aromatic N) is 2. The second kappa shape index (κ2) is 4.39. The zero-order chi connectivity index (χ0) is 11.7. The Bertz CT molecular complexity index is 277. The molecule has 2 aliphatic heterocycles. The van der Waals surface area contributed by atoms with Gasteiger partial charge in [0.05, 0.1) is 0 Å². The van der Waals surface area contributed by atoms with Crippen LogP contribution in [-0.4, -0.2) is 57.3 Å². The first-order valence-corrected chi connectivity index (χ1v) is 5.60. The average molecular weight is 228 g/mol. The SMILES string of the molecule is O=C(O)[C@@H]1CCCN1N1CCC[C@H]1C(=O)O. The van der Waals surface area contributed by atoms with E-state index in [1.807, 2.05) is 0 Å². The fourth-order valence-corrected chi connectivity index (χ4v) is 2.62. The van der Waals surface area contributed by atoms with Crippen LogP contribution in [0, 0.1) is 0 Å². The normalized spacial score (nSPS) is 32.0. The summed E-state index contributed by atoms with van der Waals surface area (Å²) in [4.78, 5) is 22.1. The standard InChI is InChI=1S/C10H16N2O4/c13-9(14)7-3-1-5-11(7)12-6-2-4-8(12)10(15)16/h7-8H,1-6H2,(H,13,14)(H,15,16)/t7-,8-/m0/s1. The molecule has 0 aromatic carbocycles.